The fourth-order valence-electron chi connectivity index (χ4n) is 3.46. The van der Waals surface area contributed by atoms with Gasteiger partial charge in [-0.15, -0.1) is 10.2 Å². The maximum atomic E-state index is 9.92. The lowest BCUT2D eigenvalue weighted by Crippen LogP contribution is -2.03. The number of hydrogen-bond donors (Lipinski definition) is 2. The van der Waals surface area contributed by atoms with Gasteiger partial charge in [0.05, 0.1) is 11.7 Å². The molecular formula is C22H23BrN6O. The summed E-state index contributed by atoms with van der Waals surface area (Å²) in [5, 5.41) is 23.7. The maximum Gasteiger partial charge on any atom is 0.265 e. The molecule has 8 heteroatoms. The van der Waals surface area contributed by atoms with Crippen LogP contribution < -0.4 is 5.43 Å². The number of aromatic nitrogens is 4. The van der Waals surface area contributed by atoms with E-state index in [1.165, 1.54) is 25.5 Å². The minimum atomic E-state index is 0.144. The lowest BCUT2D eigenvalue weighted by atomic mass is 10.2. The van der Waals surface area contributed by atoms with Gasteiger partial charge in [-0.2, -0.15) is 10.1 Å². The molecule has 0 amide bonds. The van der Waals surface area contributed by atoms with Crippen LogP contribution in [0.25, 0.3) is 22.1 Å². The standard InChI is InChI=1S/C22H23BrN6O/c1-2-3-4-7-12-29-18-9-6-5-8-17(18)20-21(29)25-22(28-26-20)27-24-14-15-13-16(23)10-11-19(15)30/h5-6,8-11,13-14,30H,2-4,7,12H2,1H3,(H,25,27,28)/b24-14+. The number of fused-ring (bicyclic) bond motifs is 3. The molecule has 2 heterocycles. The quantitative estimate of drug-likeness (QED) is 0.204. The Bertz CT molecular complexity index is 1200. The highest BCUT2D eigenvalue weighted by Gasteiger charge is 2.14. The second-order valence-electron chi connectivity index (χ2n) is 7.11. The van der Waals surface area contributed by atoms with Crippen molar-refractivity contribution in [3.05, 3.63) is 52.5 Å². The van der Waals surface area contributed by atoms with E-state index in [1.54, 1.807) is 18.2 Å². The molecule has 2 aromatic heterocycles. The van der Waals surface area contributed by atoms with Crippen molar-refractivity contribution in [2.75, 3.05) is 5.43 Å². The van der Waals surface area contributed by atoms with Gasteiger partial charge in [-0.25, -0.2) is 5.43 Å². The van der Waals surface area contributed by atoms with Crippen LogP contribution in [-0.4, -0.2) is 31.1 Å². The van der Waals surface area contributed by atoms with Crippen molar-refractivity contribution in [3.8, 4) is 5.75 Å². The zero-order chi connectivity index (χ0) is 20.9. The Balaban J connectivity index is 1.63. The topological polar surface area (TPSA) is 88.2 Å². The second kappa shape index (κ2) is 9.21. The monoisotopic (exact) mass is 466 g/mol. The molecule has 0 radical (unpaired) electrons. The number of benzene rings is 2. The van der Waals surface area contributed by atoms with Gasteiger partial charge in [-0.1, -0.05) is 60.3 Å². The van der Waals surface area contributed by atoms with Crippen molar-refractivity contribution < 1.29 is 5.11 Å². The highest BCUT2D eigenvalue weighted by molar-refractivity contribution is 9.10. The minimum absolute atomic E-state index is 0.144. The van der Waals surface area contributed by atoms with E-state index >= 15 is 0 Å². The number of nitrogens with zero attached hydrogens (tertiary/aromatic N) is 5. The van der Waals surface area contributed by atoms with Crippen molar-refractivity contribution in [3.63, 3.8) is 0 Å². The lowest BCUT2D eigenvalue weighted by molar-refractivity contribution is 0.474. The average molecular weight is 467 g/mol. The highest BCUT2D eigenvalue weighted by Crippen LogP contribution is 2.27. The van der Waals surface area contributed by atoms with Crippen LogP contribution in [0.15, 0.2) is 52.0 Å². The molecular weight excluding hydrogens is 444 g/mol. The number of hydrazone groups is 1. The number of halogens is 1. The van der Waals surface area contributed by atoms with Gasteiger partial charge in [0, 0.05) is 22.0 Å². The van der Waals surface area contributed by atoms with E-state index in [4.69, 9.17) is 0 Å². The summed E-state index contributed by atoms with van der Waals surface area (Å²) in [7, 11) is 0. The number of hydrogen-bond acceptors (Lipinski definition) is 6. The van der Waals surface area contributed by atoms with E-state index in [2.05, 4.69) is 65.3 Å². The molecule has 0 saturated carbocycles. The van der Waals surface area contributed by atoms with Crippen LogP contribution in [0.5, 0.6) is 5.75 Å². The molecule has 0 bridgehead atoms. The predicted molar refractivity (Wildman–Crippen MR) is 124 cm³/mol. The predicted octanol–water partition coefficient (Wildman–Crippen LogP) is 5.47. The first-order chi connectivity index (χ1) is 14.7. The summed E-state index contributed by atoms with van der Waals surface area (Å²) in [5.41, 5.74) is 6.11. The van der Waals surface area contributed by atoms with E-state index in [0.29, 0.717) is 11.5 Å². The Labute approximate surface area is 183 Å². The maximum absolute atomic E-state index is 9.92. The molecule has 0 aliphatic rings. The first-order valence-corrected chi connectivity index (χ1v) is 10.9. The molecule has 0 aliphatic heterocycles. The first-order valence-electron chi connectivity index (χ1n) is 10.1. The molecule has 4 aromatic rings. The molecule has 154 valence electrons. The van der Waals surface area contributed by atoms with Gasteiger partial charge < -0.3 is 9.67 Å². The fourth-order valence-corrected chi connectivity index (χ4v) is 3.84. The lowest BCUT2D eigenvalue weighted by Gasteiger charge is -2.06. The number of aromatic hydroxyl groups is 1. The Morgan fingerprint density at radius 2 is 2.00 bits per heavy atom. The zero-order valence-electron chi connectivity index (χ0n) is 16.7. The van der Waals surface area contributed by atoms with Crippen LogP contribution in [0.3, 0.4) is 0 Å². The van der Waals surface area contributed by atoms with Gasteiger partial charge >= 0.3 is 0 Å². The third-order valence-electron chi connectivity index (χ3n) is 4.97. The Morgan fingerprint density at radius 1 is 1.13 bits per heavy atom. The molecule has 0 aliphatic carbocycles. The largest absolute Gasteiger partial charge is 0.507 e. The third-order valence-corrected chi connectivity index (χ3v) is 5.46. The highest BCUT2D eigenvalue weighted by atomic mass is 79.9. The third kappa shape index (κ3) is 4.28. The van der Waals surface area contributed by atoms with Gasteiger partial charge in [0.1, 0.15) is 11.3 Å². The van der Waals surface area contributed by atoms with Crippen molar-refractivity contribution in [1.29, 1.82) is 0 Å². The number of anilines is 1. The summed E-state index contributed by atoms with van der Waals surface area (Å²) in [4.78, 5) is 4.68. The van der Waals surface area contributed by atoms with Gasteiger partial charge in [-0.05, 0) is 30.7 Å². The molecule has 0 spiro atoms. The summed E-state index contributed by atoms with van der Waals surface area (Å²) in [6.45, 7) is 3.10. The Hall–Kier alpha value is -3.00. The van der Waals surface area contributed by atoms with E-state index in [9.17, 15) is 5.11 Å². The van der Waals surface area contributed by atoms with E-state index in [-0.39, 0.29) is 5.75 Å². The van der Waals surface area contributed by atoms with Crippen LogP contribution >= 0.6 is 15.9 Å². The molecule has 7 nitrogen and oxygen atoms in total. The number of phenols is 1. The van der Waals surface area contributed by atoms with Crippen LogP contribution in [-0.2, 0) is 6.54 Å². The normalized spacial score (nSPS) is 11.7. The van der Waals surface area contributed by atoms with Crippen LogP contribution in [0.4, 0.5) is 5.95 Å². The van der Waals surface area contributed by atoms with Crippen LogP contribution in [0, 0.1) is 0 Å². The SMILES string of the molecule is CCCCCCn1c2ccccc2c2nnc(N/N=C/c3cc(Br)ccc3O)nc21. The Morgan fingerprint density at radius 3 is 2.87 bits per heavy atom. The van der Waals surface area contributed by atoms with Crippen molar-refractivity contribution in [1.82, 2.24) is 19.7 Å². The molecule has 0 fully saturated rings. The van der Waals surface area contributed by atoms with Crippen LogP contribution in [0.2, 0.25) is 0 Å². The number of phenolic OH excluding ortho intramolecular Hbond substituents is 1. The number of para-hydroxylation sites is 1. The molecule has 0 atom stereocenters. The smallest absolute Gasteiger partial charge is 0.265 e. The van der Waals surface area contributed by atoms with Crippen molar-refractivity contribution in [2.45, 2.75) is 39.2 Å². The van der Waals surface area contributed by atoms with E-state index < -0.39 is 0 Å². The number of rotatable bonds is 8. The summed E-state index contributed by atoms with van der Waals surface area (Å²) in [6, 6.07) is 13.3. The summed E-state index contributed by atoms with van der Waals surface area (Å²) in [5.74, 6) is 0.455. The summed E-state index contributed by atoms with van der Waals surface area (Å²) >= 11 is 3.38. The molecule has 0 saturated heterocycles. The van der Waals surface area contributed by atoms with Crippen LogP contribution in [0.1, 0.15) is 38.2 Å². The number of aryl methyl sites for hydroxylation is 1. The average Bonchev–Trinajstić information content (AvgIpc) is 3.07. The second-order valence-corrected chi connectivity index (χ2v) is 8.03. The van der Waals surface area contributed by atoms with Gasteiger partial charge in [-0.3, -0.25) is 0 Å². The van der Waals surface area contributed by atoms with E-state index in [1.807, 2.05) is 12.1 Å². The summed E-state index contributed by atoms with van der Waals surface area (Å²) < 4.78 is 3.07. The zero-order valence-corrected chi connectivity index (χ0v) is 18.3. The fraction of sp³-hybridized carbons (Fsp3) is 0.273. The molecule has 2 aromatic carbocycles. The number of nitrogens with one attached hydrogen (secondary N) is 1. The molecule has 0 unspecified atom stereocenters. The molecule has 4 rings (SSSR count). The summed E-state index contributed by atoms with van der Waals surface area (Å²) in [6.07, 6.45) is 6.24. The Kier molecular flexibility index (Phi) is 6.23. The van der Waals surface area contributed by atoms with Crippen molar-refractivity contribution in [2.24, 2.45) is 5.10 Å². The minimum Gasteiger partial charge on any atom is -0.507 e. The van der Waals surface area contributed by atoms with Gasteiger partial charge in [0.2, 0.25) is 0 Å². The van der Waals surface area contributed by atoms with Gasteiger partial charge in [0.25, 0.3) is 5.95 Å². The number of unbranched alkanes of at least 4 members (excludes halogenated alkanes) is 3. The van der Waals surface area contributed by atoms with Gasteiger partial charge in [0.15, 0.2) is 5.65 Å². The molecule has 30 heavy (non-hydrogen) atoms. The van der Waals surface area contributed by atoms with Crippen molar-refractivity contribution >= 4 is 50.2 Å². The first kappa shape index (κ1) is 20.3. The van der Waals surface area contributed by atoms with E-state index in [0.717, 1.165) is 39.5 Å². The molecule has 2 N–H and O–H groups in total.